The number of hydrogen-bond acceptors (Lipinski definition) is 1. The first-order valence-corrected chi connectivity index (χ1v) is 6.38. The maximum Gasteiger partial charge on any atom is 0.122 e. The average Bonchev–Trinajstić information content (AvgIpc) is 2.46. The summed E-state index contributed by atoms with van der Waals surface area (Å²) in [5.41, 5.74) is 2.45. The van der Waals surface area contributed by atoms with Gasteiger partial charge in [-0.15, -0.1) is 0 Å². The van der Waals surface area contributed by atoms with Crippen molar-refractivity contribution in [1.82, 2.24) is 0 Å². The third kappa shape index (κ3) is 5.53. The van der Waals surface area contributed by atoms with Gasteiger partial charge < -0.3 is 4.74 Å². The van der Waals surface area contributed by atoms with Crippen molar-refractivity contribution in [3.8, 4) is 5.75 Å². The Hall–Kier alpha value is -1.76. The lowest BCUT2D eigenvalue weighted by Gasteiger charge is -2.08. The highest BCUT2D eigenvalue weighted by atomic mass is 16.5. The predicted molar refractivity (Wildman–Crippen MR) is 81.1 cm³/mol. The number of benzene rings is 1. The minimum Gasteiger partial charge on any atom is -0.496 e. The molecule has 1 aromatic rings. The van der Waals surface area contributed by atoms with E-state index in [0.717, 1.165) is 12.2 Å². The van der Waals surface area contributed by atoms with Crippen molar-refractivity contribution in [2.75, 3.05) is 7.11 Å². The van der Waals surface area contributed by atoms with Crippen LogP contribution in [0.1, 0.15) is 26.3 Å². The molecule has 0 amide bonds. The SMILES string of the molecule is C=C/C=C\C(=C/C)Cc1ccccc1OC.CC. The molecule has 1 nitrogen and oxygen atoms in total. The standard InChI is InChI=1S/C15H18O.C2H6/c1-4-6-9-13(5-2)12-14-10-7-8-11-15(14)16-3;1-2/h4-11H,1,12H2,2-3H3;1-2H3/b9-6-,13-5+;. The fourth-order valence-corrected chi connectivity index (χ4v) is 1.52. The van der Waals surface area contributed by atoms with Crippen LogP contribution >= 0.6 is 0 Å². The molecule has 0 aromatic heterocycles. The Morgan fingerprint density at radius 2 is 1.94 bits per heavy atom. The lowest BCUT2D eigenvalue weighted by molar-refractivity contribution is 0.410. The minimum absolute atomic E-state index is 0.880. The second-order valence-electron chi connectivity index (χ2n) is 3.45. The van der Waals surface area contributed by atoms with Crippen molar-refractivity contribution in [3.63, 3.8) is 0 Å². The third-order valence-corrected chi connectivity index (χ3v) is 2.40. The van der Waals surface area contributed by atoms with Crippen molar-refractivity contribution >= 4 is 0 Å². The lowest BCUT2D eigenvalue weighted by atomic mass is 10.0. The summed E-state index contributed by atoms with van der Waals surface area (Å²) < 4.78 is 5.32. The first-order valence-electron chi connectivity index (χ1n) is 6.38. The Bertz CT molecular complexity index is 400. The van der Waals surface area contributed by atoms with E-state index in [0.29, 0.717) is 0 Å². The predicted octanol–water partition coefficient (Wildman–Crippen LogP) is 4.95. The van der Waals surface area contributed by atoms with Crippen molar-refractivity contribution in [3.05, 3.63) is 66.3 Å². The number of methoxy groups -OCH3 is 1. The molecular formula is C17H24O. The summed E-state index contributed by atoms with van der Waals surface area (Å²) in [6.07, 6.45) is 8.78. The number of para-hydroxylation sites is 1. The lowest BCUT2D eigenvalue weighted by Crippen LogP contribution is -1.93. The molecule has 0 aliphatic carbocycles. The quantitative estimate of drug-likeness (QED) is 0.666. The van der Waals surface area contributed by atoms with Crippen LogP contribution in [0.5, 0.6) is 5.75 Å². The van der Waals surface area contributed by atoms with Crippen molar-refractivity contribution in [2.24, 2.45) is 0 Å². The van der Waals surface area contributed by atoms with Crippen LogP contribution in [0.3, 0.4) is 0 Å². The van der Waals surface area contributed by atoms with E-state index in [4.69, 9.17) is 4.74 Å². The first-order chi connectivity index (χ1) is 8.81. The fourth-order valence-electron chi connectivity index (χ4n) is 1.52. The van der Waals surface area contributed by atoms with Gasteiger partial charge in [-0.05, 0) is 24.1 Å². The van der Waals surface area contributed by atoms with Crippen molar-refractivity contribution in [2.45, 2.75) is 27.2 Å². The van der Waals surface area contributed by atoms with E-state index >= 15 is 0 Å². The molecule has 0 aliphatic heterocycles. The summed E-state index contributed by atoms with van der Waals surface area (Å²) >= 11 is 0. The topological polar surface area (TPSA) is 9.23 Å². The molecule has 0 unspecified atom stereocenters. The fraction of sp³-hybridized carbons (Fsp3) is 0.294. The highest BCUT2D eigenvalue weighted by molar-refractivity contribution is 5.38. The van der Waals surface area contributed by atoms with Crippen LogP contribution in [0.4, 0.5) is 0 Å². The van der Waals surface area contributed by atoms with E-state index in [9.17, 15) is 0 Å². The van der Waals surface area contributed by atoms with E-state index < -0.39 is 0 Å². The highest BCUT2D eigenvalue weighted by Gasteiger charge is 2.02. The summed E-state index contributed by atoms with van der Waals surface area (Å²) in [7, 11) is 1.70. The number of allylic oxidation sites excluding steroid dienone is 5. The van der Waals surface area contributed by atoms with Crippen LogP contribution in [0.15, 0.2) is 60.7 Å². The first kappa shape index (κ1) is 16.2. The van der Waals surface area contributed by atoms with Crippen LogP contribution in [0.2, 0.25) is 0 Å². The van der Waals surface area contributed by atoms with Gasteiger partial charge in [-0.3, -0.25) is 0 Å². The number of rotatable bonds is 5. The summed E-state index contributed by atoms with van der Waals surface area (Å²) in [5.74, 6) is 0.939. The van der Waals surface area contributed by atoms with Crippen molar-refractivity contribution in [1.29, 1.82) is 0 Å². The van der Waals surface area contributed by atoms with E-state index in [2.05, 4.69) is 24.8 Å². The Kier molecular flexibility index (Phi) is 9.38. The molecule has 1 rings (SSSR count). The maximum atomic E-state index is 5.32. The summed E-state index contributed by atoms with van der Waals surface area (Å²) in [6.45, 7) is 9.71. The molecule has 0 bridgehead atoms. The van der Waals surface area contributed by atoms with E-state index in [-0.39, 0.29) is 0 Å². The molecule has 18 heavy (non-hydrogen) atoms. The zero-order chi connectivity index (χ0) is 13.8. The number of ether oxygens (including phenoxy) is 1. The van der Waals surface area contributed by atoms with Gasteiger partial charge in [0.25, 0.3) is 0 Å². The number of hydrogen-bond donors (Lipinski definition) is 0. The van der Waals surface area contributed by atoms with Gasteiger partial charge in [0.2, 0.25) is 0 Å². The Balaban J connectivity index is 0.00000137. The molecule has 1 heteroatoms. The molecule has 0 saturated heterocycles. The van der Waals surface area contributed by atoms with Gasteiger partial charge in [0.05, 0.1) is 7.11 Å². The molecule has 98 valence electrons. The molecular weight excluding hydrogens is 220 g/mol. The Labute approximate surface area is 111 Å². The summed E-state index contributed by atoms with van der Waals surface area (Å²) in [4.78, 5) is 0. The minimum atomic E-state index is 0.880. The highest BCUT2D eigenvalue weighted by Crippen LogP contribution is 2.21. The second-order valence-corrected chi connectivity index (χ2v) is 3.45. The van der Waals surface area contributed by atoms with Crippen LogP contribution in [-0.2, 0) is 6.42 Å². The smallest absolute Gasteiger partial charge is 0.122 e. The summed E-state index contributed by atoms with van der Waals surface area (Å²) in [5, 5.41) is 0. The molecule has 0 saturated carbocycles. The van der Waals surface area contributed by atoms with Crippen molar-refractivity contribution < 1.29 is 4.74 Å². The molecule has 0 fully saturated rings. The second kappa shape index (κ2) is 10.4. The van der Waals surface area contributed by atoms with E-state index in [1.807, 2.05) is 45.0 Å². The van der Waals surface area contributed by atoms with E-state index in [1.54, 1.807) is 13.2 Å². The molecule has 0 spiro atoms. The van der Waals surface area contributed by atoms with Gasteiger partial charge in [0.1, 0.15) is 5.75 Å². The van der Waals surface area contributed by atoms with Crippen LogP contribution in [0.25, 0.3) is 0 Å². The maximum absolute atomic E-state index is 5.32. The molecule has 0 radical (unpaired) electrons. The van der Waals surface area contributed by atoms with Crippen LogP contribution in [-0.4, -0.2) is 7.11 Å². The van der Waals surface area contributed by atoms with Gasteiger partial charge in [-0.2, -0.15) is 0 Å². The third-order valence-electron chi connectivity index (χ3n) is 2.40. The van der Waals surface area contributed by atoms with Gasteiger partial charge >= 0.3 is 0 Å². The average molecular weight is 244 g/mol. The van der Waals surface area contributed by atoms with E-state index in [1.165, 1.54) is 11.1 Å². The van der Waals surface area contributed by atoms with Gasteiger partial charge in [-0.25, -0.2) is 0 Å². The Morgan fingerprint density at radius 1 is 1.28 bits per heavy atom. The zero-order valence-corrected chi connectivity index (χ0v) is 11.9. The summed E-state index contributed by atoms with van der Waals surface area (Å²) in [6, 6.07) is 8.09. The molecule has 0 heterocycles. The largest absolute Gasteiger partial charge is 0.496 e. The Morgan fingerprint density at radius 3 is 2.50 bits per heavy atom. The zero-order valence-electron chi connectivity index (χ0n) is 11.9. The van der Waals surface area contributed by atoms with Gasteiger partial charge in [-0.1, -0.05) is 62.9 Å². The molecule has 1 aromatic carbocycles. The normalized spacial score (nSPS) is 10.8. The van der Waals surface area contributed by atoms with Crippen LogP contribution in [0, 0.1) is 0 Å². The van der Waals surface area contributed by atoms with Crippen LogP contribution < -0.4 is 4.74 Å². The molecule has 0 N–H and O–H groups in total. The van der Waals surface area contributed by atoms with Gasteiger partial charge in [0, 0.05) is 6.42 Å². The van der Waals surface area contributed by atoms with Gasteiger partial charge in [0.15, 0.2) is 0 Å². The molecule has 0 atom stereocenters. The molecule has 0 aliphatic rings. The monoisotopic (exact) mass is 244 g/mol.